The highest BCUT2D eigenvalue weighted by Crippen LogP contribution is 2.02. The van der Waals surface area contributed by atoms with Crippen molar-refractivity contribution in [2.45, 2.75) is 18.9 Å². The summed E-state index contributed by atoms with van der Waals surface area (Å²) in [5.41, 5.74) is 7.96. The number of hydrogen-bond donors (Lipinski definition) is 1. The minimum absolute atomic E-state index is 0.0339. The second-order valence-electron chi connectivity index (χ2n) is 3.87. The molecular formula is C11H15N5. The largest absolute Gasteiger partial charge is 0.327 e. The van der Waals surface area contributed by atoms with Gasteiger partial charge in [0, 0.05) is 44.0 Å². The molecular weight excluding hydrogens is 202 g/mol. The van der Waals surface area contributed by atoms with Crippen LogP contribution < -0.4 is 5.73 Å². The van der Waals surface area contributed by atoms with E-state index in [4.69, 9.17) is 5.73 Å². The Morgan fingerprint density at radius 1 is 1.31 bits per heavy atom. The Bertz CT molecular complexity index is 437. The maximum absolute atomic E-state index is 6.03. The van der Waals surface area contributed by atoms with Crippen molar-refractivity contribution in [3.63, 3.8) is 0 Å². The van der Waals surface area contributed by atoms with Crippen LogP contribution in [0.15, 0.2) is 30.6 Å². The Balaban J connectivity index is 1.92. The van der Waals surface area contributed by atoms with Gasteiger partial charge in [0.15, 0.2) is 0 Å². The summed E-state index contributed by atoms with van der Waals surface area (Å²) in [6.07, 6.45) is 5.16. The molecule has 0 bridgehead atoms. The average Bonchev–Trinajstić information content (AvgIpc) is 2.65. The molecule has 2 N–H and O–H groups in total. The summed E-state index contributed by atoms with van der Waals surface area (Å²) in [5.74, 6) is 0. The fourth-order valence-electron chi connectivity index (χ4n) is 1.62. The van der Waals surface area contributed by atoms with Crippen LogP contribution in [0.2, 0.25) is 0 Å². The molecule has 2 rings (SSSR count). The highest BCUT2D eigenvalue weighted by atomic mass is 15.4. The van der Waals surface area contributed by atoms with Crippen LogP contribution in [0.1, 0.15) is 11.4 Å². The van der Waals surface area contributed by atoms with Crippen LogP contribution in [-0.4, -0.2) is 26.0 Å². The van der Waals surface area contributed by atoms with Crippen molar-refractivity contribution in [3.05, 3.63) is 42.0 Å². The van der Waals surface area contributed by atoms with E-state index in [1.807, 2.05) is 31.4 Å². The molecule has 0 spiro atoms. The molecule has 0 aliphatic heterocycles. The van der Waals surface area contributed by atoms with Crippen molar-refractivity contribution in [2.75, 3.05) is 0 Å². The molecule has 84 valence electrons. The van der Waals surface area contributed by atoms with Gasteiger partial charge in [0.05, 0.1) is 5.69 Å². The first kappa shape index (κ1) is 10.8. The Morgan fingerprint density at radius 3 is 2.75 bits per heavy atom. The Hall–Kier alpha value is -1.75. The maximum atomic E-state index is 6.03. The van der Waals surface area contributed by atoms with Crippen molar-refractivity contribution in [1.82, 2.24) is 20.0 Å². The van der Waals surface area contributed by atoms with Gasteiger partial charge in [-0.05, 0) is 12.1 Å². The first-order valence-corrected chi connectivity index (χ1v) is 5.25. The van der Waals surface area contributed by atoms with Crippen molar-refractivity contribution in [1.29, 1.82) is 0 Å². The van der Waals surface area contributed by atoms with E-state index < -0.39 is 0 Å². The zero-order valence-corrected chi connectivity index (χ0v) is 9.24. The van der Waals surface area contributed by atoms with Crippen molar-refractivity contribution in [2.24, 2.45) is 12.8 Å². The number of nitrogens with zero attached hydrogens (tertiary/aromatic N) is 4. The predicted octanol–water partition coefficient (Wildman–Crippen LogP) is 0.323. The van der Waals surface area contributed by atoms with E-state index >= 15 is 0 Å². The summed E-state index contributed by atoms with van der Waals surface area (Å²) in [6, 6.07) is 5.89. The molecule has 16 heavy (non-hydrogen) atoms. The van der Waals surface area contributed by atoms with Gasteiger partial charge in [0.1, 0.15) is 0 Å². The zero-order chi connectivity index (χ0) is 11.4. The van der Waals surface area contributed by atoms with Crippen LogP contribution in [0.4, 0.5) is 0 Å². The van der Waals surface area contributed by atoms with Gasteiger partial charge in [-0.15, -0.1) is 5.10 Å². The van der Waals surface area contributed by atoms with Gasteiger partial charge in [0.25, 0.3) is 0 Å². The number of hydrogen-bond acceptors (Lipinski definition) is 4. The molecule has 5 nitrogen and oxygen atoms in total. The average molecular weight is 217 g/mol. The van der Waals surface area contributed by atoms with Crippen LogP contribution in [0.25, 0.3) is 0 Å². The molecule has 0 aliphatic carbocycles. The van der Waals surface area contributed by atoms with Crippen molar-refractivity contribution < 1.29 is 0 Å². The summed E-state index contributed by atoms with van der Waals surface area (Å²) < 4.78 is 1.68. The van der Waals surface area contributed by atoms with E-state index in [0.29, 0.717) is 0 Å². The number of aromatic nitrogens is 4. The summed E-state index contributed by atoms with van der Waals surface area (Å²) in [7, 11) is 1.85. The summed E-state index contributed by atoms with van der Waals surface area (Å²) in [6.45, 7) is 0. The van der Waals surface area contributed by atoms with Gasteiger partial charge < -0.3 is 5.73 Å². The van der Waals surface area contributed by atoms with Crippen molar-refractivity contribution in [3.8, 4) is 0 Å². The highest BCUT2D eigenvalue weighted by molar-refractivity contribution is 5.06. The predicted molar refractivity (Wildman–Crippen MR) is 60.6 cm³/mol. The normalized spacial score (nSPS) is 12.6. The maximum Gasteiger partial charge on any atom is 0.0842 e. The lowest BCUT2D eigenvalue weighted by atomic mass is 10.1. The Labute approximate surface area is 94.3 Å². The molecule has 0 amide bonds. The molecule has 1 atom stereocenters. The van der Waals surface area contributed by atoms with Crippen molar-refractivity contribution >= 4 is 0 Å². The number of nitrogens with two attached hydrogens (primary N) is 1. The van der Waals surface area contributed by atoms with E-state index in [1.165, 1.54) is 0 Å². The van der Waals surface area contributed by atoms with Gasteiger partial charge in [-0.2, -0.15) is 0 Å². The van der Waals surface area contributed by atoms with Crippen LogP contribution in [0.3, 0.4) is 0 Å². The third-order valence-electron chi connectivity index (χ3n) is 2.32. The van der Waals surface area contributed by atoms with E-state index in [1.54, 1.807) is 10.9 Å². The lowest BCUT2D eigenvalue weighted by molar-refractivity contribution is 0.642. The molecule has 0 fully saturated rings. The minimum Gasteiger partial charge on any atom is -0.327 e. The lowest BCUT2D eigenvalue weighted by Gasteiger charge is -2.08. The van der Waals surface area contributed by atoms with E-state index in [-0.39, 0.29) is 6.04 Å². The van der Waals surface area contributed by atoms with Gasteiger partial charge >= 0.3 is 0 Å². The summed E-state index contributed by atoms with van der Waals surface area (Å²) >= 11 is 0. The van der Waals surface area contributed by atoms with Gasteiger partial charge in [-0.25, -0.2) is 0 Å². The van der Waals surface area contributed by atoms with E-state index in [2.05, 4.69) is 15.3 Å². The van der Waals surface area contributed by atoms with E-state index in [9.17, 15) is 0 Å². The molecule has 0 aromatic carbocycles. The SMILES string of the molecule is Cn1cc(CC(N)Cc2ccccn2)nn1. The fraction of sp³-hybridized carbons (Fsp3) is 0.364. The highest BCUT2D eigenvalue weighted by Gasteiger charge is 2.08. The second-order valence-corrected chi connectivity index (χ2v) is 3.87. The quantitative estimate of drug-likeness (QED) is 0.801. The summed E-state index contributed by atoms with van der Waals surface area (Å²) in [5, 5.41) is 7.88. The van der Waals surface area contributed by atoms with Crippen LogP contribution >= 0.6 is 0 Å². The summed E-state index contributed by atoms with van der Waals surface area (Å²) in [4.78, 5) is 4.24. The van der Waals surface area contributed by atoms with Crippen LogP contribution in [0, 0.1) is 0 Å². The Kier molecular flexibility index (Phi) is 3.26. The second kappa shape index (κ2) is 4.85. The van der Waals surface area contributed by atoms with E-state index in [0.717, 1.165) is 24.2 Å². The topological polar surface area (TPSA) is 69.6 Å². The van der Waals surface area contributed by atoms with Gasteiger partial charge in [0.2, 0.25) is 0 Å². The van der Waals surface area contributed by atoms with Gasteiger partial charge in [-0.1, -0.05) is 11.3 Å². The first-order chi connectivity index (χ1) is 7.74. The first-order valence-electron chi connectivity index (χ1n) is 5.25. The molecule has 0 radical (unpaired) electrons. The number of pyridine rings is 1. The number of rotatable bonds is 4. The monoisotopic (exact) mass is 217 g/mol. The molecule has 0 saturated carbocycles. The molecule has 1 unspecified atom stereocenters. The lowest BCUT2D eigenvalue weighted by Crippen LogP contribution is -2.26. The fourth-order valence-corrected chi connectivity index (χ4v) is 1.62. The Morgan fingerprint density at radius 2 is 2.12 bits per heavy atom. The third-order valence-corrected chi connectivity index (χ3v) is 2.32. The molecule has 2 heterocycles. The molecule has 0 saturated heterocycles. The molecule has 2 aromatic heterocycles. The third kappa shape index (κ3) is 2.87. The van der Waals surface area contributed by atoms with Gasteiger partial charge in [-0.3, -0.25) is 9.67 Å². The minimum atomic E-state index is 0.0339. The number of aryl methyl sites for hydroxylation is 1. The zero-order valence-electron chi connectivity index (χ0n) is 9.24. The standard InChI is InChI=1S/C11H15N5/c1-16-8-11(14-15-16)7-9(12)6-10-4-2-3-5-13-10/h2-5,8-9H,6-7,12H2,1H3. The van der Waals surface area contributed by atoms with Crippen LogP contribution in [-0.2, 0) is 19.9 Å². The smallest absolute Gasteiger partial charge is 0.0842 e. The van der Waals surface area contributed by atoms with Crippen LogP contribution in [0.5, 0.6) is 0 Å². The molecule has 5 heteroatoms. The molecule has 2 aromatic rings. The molecule has 0 aliphatic rings.